The Morgan fingerprint density at radius 3 is 2.57 bits per heavy atom. The van der Waals surface area contributed by atoms with Gasteiger partial charge >= 0.3 is 0 Å². The van der Waals surface area contributed by atoms with Crippen molar-refractivity contribution in [1.29, 1.82) is 0 Å². The molecule has 152 valence electrons. The number of nitrogens with two attached hydrogens (primary N) is 1. The van der Waals surface area contributed by atoms with Crippen molar-refractivity contribution >= 4 is 37.5 Å². The van der Waals surface area contributed by atoms with Gasteiger partial charge in [0.15, 0.2) is 0 Å². The van der Waals surface area contributed by atoms with E-state index in [1.54, 1.807) is 25.1 Å². The van der Waals surface area contributed by atoms with E-state index in [1.165, 1.54) is 4.31 Å². The fraction of sp³-hybridized carbons (Fsp3) is 0.368. The highest BCUT2D eigenvalue weighted by Crippen LogP contribution is 2.28. The minimum absolute atomic E-state index is 0.0289. The number of sulfonamides is 1. The average Bonchev–Trinajstić information content (AvgIpc) is 2.59. The van der Waals surface area contributed by atoms with E-state index in [-0.39, 0.29) is 24.4 Å². The molecule has 0 saturated carbocycles. The Morgan fingerprint density at radius 2 is 1.96 bits per heavy atom. The maximum Gasteiger partial charge on any atom is 0.245 e. The van der Waals surface area contributed by atoms with Crippen molar-refractivity contribution in [3.8, 4) is 0 Å². The number of halogens is 1. The van der Waals surface area contributed by atoms with Gasteiger partial charge in [0.1, 0.15) is 4.90 Å². The van der Waals surface area contributed by atoms with Crippen molar-refractivity contribution in [2.45, 2.75) is 38.6 Å². The second kappa shape index (κ2) is 9.49. The summed E-state index contributed by atoms with van der Waals surface area (Å²) in [4.78, 5) is 15.7. The Labute approximate surface area is 174 Å². The molecule has 9 heteroatoms. The van der Waals surface area contributed by atoms with Gasteiger partial charge in [-0.05, 0) is 49.7 Å². The molecule has 0 saturated heterocycles. The predicted molar refractivity (Wildman–Crippen MR) is 113 cm³/mol. The van der Waals surface area contributed by atoms with E-state index in [1.807, 2.05) is 26.0 Å². The van der Waals surface area contributed by atoms with Crippen molar-refractivity contribution in [3.05, 3.63) is 51.8 Å². The first kappa shape index (κ1) is 22.3. The second-order valence-electron chi connectivity index (χ2n) is 6.48. The fourth-order valence-corrected chi connectivity index (χ4v) is 4.85. The first-order chi connectivity index (χ1) is 13.1. The van der Waals surface area contributed by atoms with Gasteiger partial charge in [-0.25, -0.2) is 8.42 Å². The minimum Gasteiger partial charge on any atom is -0.378 e. The van der Waals surface area contributed by atoms with Crippen LogP contribution in [0.25, 0.3) is 0 Å². The van der Waals surface area contributed by atoms with Crippen LogP contribution in [0, 0.1) is 13.8 Å². The highest BCUT2D eigenvalue weighted by Gasteiger charge is 2.26. The monoisotopic (exact) mass is 468 g/mol. The lowest BCUT2D eigenvalue weighted by molar-refractivity contribution is -0.118. The molecule has 0 fully saturated rings. The number of aromatic nitrogens is 1. The number of nitrogens with zero attached hydrogens (tertiary/aromatic N) is 2. The van der Waals surface area contributed by atoms with Crippen molar-refractivity contribution in [1.82, 2.24) is 9.29 Å². The lowest BCUT2D eigenvalue weighted by atomic mass is 10.2. The van der Waals surface area contributed by atoms with Gasteiger partial charge in [0.2, 0.25) is 15.9 Å². The number of amides is 1. The molecule has 0 atom stereocenters. The molecule has 0 aliphatic rings. The van der Waals surface area contributed by atoms with Crippen LogP contribution in [-0.2, 0) is 21.4 Å². The molecule has 1 heterocycles. The zero-order chi connectivity index (χ0) is 20.9. The molecule has 0 aliphatic heterocycles. The summed E-state index contributed by atoms with van der Waals surface area (Å²) < 4.78 is 28.3. The number of hydrogen-bond donors (Lipinski definition) is 2. The van der Waals surface area contributed by atoms with Crippen molar-refractivity contribution in [2.75, 3.05) is 18.4 Å². The lowest BCUT2D eigenvalue weighted by Crippen LogP contribution is -2.34. The molecule has 28 heavy (non-hydrogen) atoms. The molecule has 0 radical (unpaired) electrons. The van der Waals surface area contributed by atoms with Crippen molar-refractivity contribution in [3.63, 3.8) is 0 Å². The predicted octanol–water partition coefficient (Wildman–Crippen LogP) is 2.96. The number of hydrogen-bond acceptors (Lipinski definition) is 5. The molecule has 0 unspecified atom stereocenters. The highest BCUT2D eigenvalue weighted by atomic mass is 79.9. The summed E-state index contributed by atoms with van der Waals surface area (Å²) in [6.07, 6.45) is -0.0289. The number of carbonyl (C=O) groups excluding carboxylic acids is 1. The van der Waals surface area contributed by atoms with Crippen LogP contribution >= 0.6 is 15.9 Å². The smallest absolute Gasteiger partial charge is 0.245 e. The number of aryl methyl sites for hydroxylation is 2. The third-order valence-corrected chi connectivity index (χ3v) is 6.66. The number of nitrogens with one attached hydrogen (secondary N) is 1. The van der Waals surface area contributed by atoms with Gasteiger partial charge in [-0.1, -0.05) is 22.9 Å². The Hall–Kier alpha value is -1.97. The first-order valence-electron chi connectivity index (χ1n) is 8.89. The van der Waals surface area contributed by atoms with E-state index in [0.717, 1.165) is 21.4 Å². The van der Waals surface area contributed by atoms with Crippen LogP contribution in [0.3, 0.4) is 0 Å². The van der Waals surface area contributed by atoms with Gasteiger partial charge in [0, 0.05) is 29.7 Å². The summed E-state index contributed by atoms with van der Waals surface area (Å²) in [6.45, 7) is 6.30. The molecule has 2 rings (SSSR count). The number of rotatable bonds is 9. The minimum atomic E-state index is -3.79. The molecule has 1 aromatic carbocycles. The fourth-order valence-electron chi connectivity index (χ4n) is 2.89. The summed E-state index contributed by atoms with van der Waals surface area (Å²) in [6, 6.07) is 8.88. The topological polar surface area (TPSA) is 105 Å². The number of benzene rings is 1. The summed E-state index contributed by atoms with van der Waals surface area (Å²) in [7, 11) is -3.79. The van der Waals surface area contributed by atoms with Gasteiger partial charge in [-0.15, -0.1) is 0 Å². The maximum absolute atomic E-state index is 13.1. The molecule has 0 spiro atoms. The lowest BCUT2D eigenvalue weighted by Gasteiger charge is -2.22. The van der Waals surface area contributed by atoms with Crippen LogP contribution in [0.2, 0.25) is 0 Å². The van der Waals surface area contributed by atoms with E-state index < -0.39 is 15.9 Å². The number of primary amides is 1. The number of anilines is 1. The van der Waals surface area contributed by atoms with Gasteiger partial charge < -0.3 is 11.1 Å². The van der Waals surface area contributed by atoms with E-state index in [0.29, 0.717) is 12.2 Å². The summed E-state index contributed by atoms with van der Waals surface area (Å²) >= 11 is 3.39. The first-order valence-corrected chi connectivity index (χ1v) is 11.1. The highest BCUT2D eigenvalue weighted by molar-refractivity contribution is 9.10. The summed E-state index contributed by atoms with van der Waals surface area (Å²) in [5, 5.41) is 3.18. The molecule has 3 N–H and O–H groups in total. The molecule has 2 aromatic rings. The maximum atomic E-state index is 13.1. The Bertz CT molecular complexity index is 943. The van der Waals surface area contributed by atoms with Crippen molar-refractivity contribution in [2.24, 2.45) is 5.73 Å². The Morgan fingerprint density at radius 1 is 1.25 bits per heavy atom. The molecular formula is C19H25BrN4O3S. The third kappa shape index (κ3) is 5.76. The molecule has 0 aliphatic carbocycles. The van der Waals surface area contributed by atoms with Crippen LogP contribution in [0.1, 0.15) is 30.3 Å². The second-order valence-corrected chi connectivity index (χ2v) is 9.31. The Kier molecular flexibility index (Phi) is 7.56. The van der Waals surface area contributed by atoms with Crippen LogP contribution in [0.5, 0.6) is 0 Å². The quantitative estimate of drug-likeness (QED) is 0.588. The summed E-state index contributed by atoms with van der Waals surface area (Å²) in [5.74, 6) is -0.538. The molecule has 0 bridgehead atoms. The molecule has 7 nitrogen and oxygen atoms in total. The standard InChI is InChI=1S/C19H25BrN4O3S/c1-4-24(8-7-19(21)25)28(26,27)18-6-5-15(20)11-17(18)22-12-16-10-13(2)9-14(3)23-16/h5-6,9-11,22H,4,7-8,12H2,1-3H3,(H2,21,25). The SMILES string of the molecule is CCN(CCC(N)=O)S(=O)(=O)c1ccc(Br)cc1NCc1cc(C)cc(C)n1. The zero-order valence-electron chi connectivity index (χ0n) is 16.2. The van der Waals surface area contributed by atoms with Crippen LogP contribution in [-0.4, -0.2) is 36.7 Å². The molecule has 1 amide bonds. The van der Waals surface area contributed by atoms with E-state index in [2.05, 4.69) is 26.2 Å². The van der Waals surface area contributed by atoms with Crippen LogP contribution in [0.4, 0.5) is 5.69 Å². The third-order valence-electron chi connectivity index (χ3n) is 4.13. The zero-order valence-corrected chi connectivity index (χ0v) is 18.6. The van der Waals surface area contributed by atoms with Crippen LogP contribution in [0.15, 0.2) is 39.7 Å². The summed E-state index contributed by atoms with van der Waals surface area (Å²) in [5.41, 5.74) is 8.46. The van der Waals surface area contributed by atoms with Gasteiger partial charge in [-0.2, -0.15) is 4.31 Å². The van der Waals surface area contributed by atoms with Gasteiger partial charge in [0.25, 0.3) is 0 Å². The van der Waals surface area contributed by atoms with E-state index in [9.17, 15) is 13.2 Å². The van der Waals surface area contributed by atoms with Gasteiger partial charge in [0.05, 0.1) is 17.9 Å². The van der Waals surface area contributed by atoms with Crippen molar-refractivity contribution < 1.29 is 13.2 Å². The van der Waals surface area contributed by atoms with Gasteiger partial charge in [-0.3, -0.25) is 9.78 Å². The van der Waals surface area contributed by atoms with E-state index >= 15 is 0 Å². The van der Waals surface area contributed by atoms with Crippen LogP contribution < -0.4 is 11.1 Å². The van der Waals surface area contributed by atoms with E-state index in [4.69, 9.17) is 5.73 Å². The molecular weight excluding hydrogens is 444 g/mol. The molecule has 1 aromatic heterocycles. The normalized spacial score (nSPS) is 11.6. The largest absolute Gasteiger partial charge is 0.378 e. The average molecular weight is 469 g/mol. The number of pyridine rings is 1. The number of carbonyl (C=O) groups is 1. The Balaban J connectivity index is 2.33.